The van der Waals surface area contributed by atoms with Crippen LogP contribution in [0.1, 0.15) is 29.7 Å². The highest BCUT2D eigenvalue weighted by atomic mass is 16.5. The van der Waals surface area contributed by atoms with Gasteiger partial charge in [0.1, 0.15) is 17.3 Å². The Bertz CT molecular complexity index is 1070. The maximum atomic E-state index is 13.9. The highest BCUT2D eigenvalue weighted by Gasteiger charge is 2.55. The van der Waals surface area contributed by atoms with Gasteiger partial charge >= 0.3 is 0 Å². The smallest absolute Gasteiger partial charge is 0.241 e. The summed E-state index contributed by atoms with van der Waals surface area (Å²) in [4.78, 5) is 15.8. The molecule has 0 saturated heterocycles. The zero-order valence-electron chi connectivity index (χ0n) is 16.4. The van der Waals surface area contributed by atoms with Crippen molar-refractivity contribution in [2.45, 2.75) is 19.4 Å². The number of amides is 1. The second-order valence-corrected chi connectivity index (χ2v) is 7.68. The van der Waals surface area contributed by atoms with E-state index in [0.717, 1.165) is 22.6 Å². The van der Waals surface area contributed by atoms with Crippen LogP contribution in [0, 0.1) is 5.41 Å². The number of rotatable bonds is 3. The fourth-order valence-corrected chi connectivity index (χ4v) is 4.63. The number of hydrogen-bond acceptors (Lipinski definition) is 2. The molecule has 144 valence electrons. The first kappa shape index (κ1) is 17.7. The number of ether oxygens (including phenoxy) is 1. The number of carbonyl (C=O) groups excluding carboxylic acids is 1. The first-order chi connectivity index (χ1) is 14.2. The third-order valence-corrected chi connectivity index (χ3v) is 5.99. The Balaban J connectivity index is 1.70. The zero-order valence-corrected chi connectivity index (χ0v) is 16.4. The second kappa shape index (κ2) is 6.93. The van der Waals surface area contributed by atoms with E-state index in [1.54, 1.807) is 0 Å². The number of para-hydroxylation sites is 1. The van der Waals surface area contributed by atoms with Gasteiger partial charge < -0.3 is 9.64 Å². The molecule has 0 fully saturated rings. The largest absolute Gasteiger partial charge is 0.484 e. The van der Waals surface area contributed by atoms with Gasteiger partial charge in [0.15, 0.2) is 0 Å². The molecule has 0 unspecified atom stereocenters. The van der Waals surface area contributed by atoms with Gasteiger partial charge in [0.2, 0.25) is 5.91 Å². The minimum absolute atomic E-state index is 0.110. The molecule has 1 spiro atoms. The number of hydrogen-bond donors (Lipinski definition) is 0. The fraction of sp³-hybridized carbons (Fsp3) is 0.192. The van der Waals surface area contributed by atoms with Crippen molar-refractivity contribution in [3.63, 3.8) is 0 Å². The maximum Gasteiger partial charge on any atom is 0.241 e. The Hall–Kier alpha value is -3.33. The molecule has 29 heavy (non-hydrogen) atoms. The molecular weight excluding hydrogens is 358 g/mol. The van der Waals surface area contributed by atoms with Crippen molar-refractivity contribution in [1.29, 1.82) is 0 Å². The van der Waals surface area contributed by atoms with Crippen LogP contribution >= 0.6 is 0 Å². The first-order valence-corrected chi connectivity index (χ1v) is 10.1. The first-order valence-electron chi connectivity index (χ1n) is 10.1. The van der Waals surface area contributed by atoms with Gasteiger partial charge in [0, 0.05) is 17.8 Å². The van der Waals surface area contributed by atoms with Crippen molar-refractivity contribution in [3.8, 4) is 0 Å². The molecule has 3 aromatic rings. The monoisotopic (exact) mass is 381 g/mol. The molecule has 0 saturated carbocycles. The lowest BCUT2D eigenvalue weighted by molar-refractivity contribution is -0.130. The van der Waals surface area contributed by atoms with Gasteiger partial charge in [0.05, 0.1) is 0 Å². The van der Waals surface area contributed by atoms with Gasteiger partial charge in [-0.05, 0) is 36.6 Å². The molecule has 2 aliphatic rings. The summed E-state index contributed by atoms with van der Waals surface area (Å²) >= 11 is 0. The highest BCUT2D eigenvalue weighted by molar-refractivity contribution is 6.03. The van der Waals surface area contributed by atoms with Crippen LogP contribution in [0.2, 0.25) is 0 Å². The van der Waals surface area contributed by atoms with E-state index in [-0.39, 0.29) is 12.0 Å². The van der Waals surface area contributed by atoms with Gasteiger partial charge in [-0.3, -0.25) is 4.79 Å². The Morgan fingerprint density at radius 1 is 0.931 bits per heavy atom. The number of nitrogens with zero attached hydrogens (tertiary/aromatic N) is 1. The zero-order chi connectivity index (χ0) is 19.8. The molecule has 0 aliphatic carbocycles. The van der Waals surface area contributed by atoms with Crippen molar-refractivity contribution in [2.75, 3.05) is 11.4 Å². The molecule has 0 bridgehead atoms. The minimum Gasteiger partial charge on any atom is -0.484 e. The summed E-state index contributed by atoms with van der Waals surface area (Å²) in [6.45, 7) is 2.66. The fourth-order valence-electron chi connectivity index (χ4n) is 4.63. The van der Waals surface area contributed by atoms with Crippen LogP contribution in [-0.2, 0) is 16.0 Å². The van der Waals surface area contributed by atoms with Gasteiger partial charge in [-0.1, -0.05) is 78.9 Å². The summed E-state index contributed by atoms with van der Waals surface area (Å²) in [5.74, 6) is 0.890. The van der Waals surface area contributed by atoms with E-state index >= 15 is 0 Å². The quantitative estimate of drug-likeness (QED) is 0.608. The molecular formula is C26H23NO2. The molecule has 3 heteroatoms. The Labute approximate surface area is 171 Å². The van der Waals surface area contributed by atoms with Gasteiger partial charge in [-0.2, -0.15) is 0 Å². The lowest BCUT2D eigenvalue weighted by Crippen LogP contribution is -2.50. The maximum absolute atomic E-state index is 13.9. The number of fused-ring (bicyclic) bond motifs is 1. The minimum atomic E-state index is -0.753. The van der Waals surface area contributed by atoms with Crippen LogP contribution in [0.15, 0.2) is 91.0 Å². The van der Waals surface area contributed by atoms with E-state index in [0.29, 0.717) is 13.0 Å². The SMILES string of the molecule is CCN1C(=O)[C@]2(C=C(c3ccccc3)O[C@H]2c2ccccc2)Cc2ccccc21. The molecule has 5 rings (SSSR count). The van der Waals surface area contributed by atoms with Crippen molar-refractivity contribution in [3.05, 3.63) is 108 Å². The van der Waals surface area contributed by atoms with Crippen molar-refractivity contribution >= 4 is 17.4 Å². The Morgan fingerprint density at radius 2 is 1.59 bits per heavy atom. The molecule has 1 amide bonds. The highest BCUT2D eigenvalue weighted by Crippen LogP contribution is 2.54. The molecule has 2 aliphatic heterocycles. The second-order valence-electron chi connectivity index (χ2n) is 7.68. The molecule has 3 nitrogen and oxygen atoms in total. The lowest BCUT2D eigenvalue weighted by Gasteiger charge is -2.41. The van der Waals surface area contributed by atoms with Gasteiger partial charge in [0.25, 0.3) is 0 Å². The van der Waals surface area contributed by atoms with Crippen LogP contribution in [0.25, 0.3) is 5.76 Å². The predicted molar refractivity (Wildman–Crippen MR) is 115 cm³/mol. The van der Waals surface area contributed by atoms with Crippen LogP contribution in [0.4, 0.5) is 5.69 Å². The summed E-state index contributed by atoms with van der Waals surface area (Å²) in [6.07, 6.45) is 2.35. The van der Waals surface area contributed by atoms with E-state index in [2.05, 4.69) is 24.3 Å². The van der Waals surface area contributed by atoms with E-state index in [1.807, 2.05) is 78.6 Å². The molecule has 2 atom stereocenters. The molecule has 0 radical (unpaired) electrons. The lowest BCUT2D eigenvalue weighted by atomic mass is 9.71. The topological polar surface area (TPSA) is 29.5 Å². The number of carbonyl (C=O) groups is 1. The number of benzene rings is 3. The van der Waals surface area contributed by atoms with Gasteiger partial charge in [-0.15, -0.1) is 0 Å². The van der Waals surface area contributed by atoms with Crippen LogP contribution in [0.3, 0.4) is 0 Å². The van der Waals surface area contributed by atoms with Crippen LogP contribution < -0.4 is 4.90 Å². The molecule has 2 heterocycles. The van der Waals surface area contributed by atoms with Crippen molar-refractivity contribution in [1.82, 2.24) is 0 Å². The summed E-state index contributed by atoms with van der Waals surface area (Å²) < 4.78 is 6.52. The Morgan fingerprint density at radius 3 is 2.31 bits per heavy atom. The van der Waals surface area contributed by atoms with E-state index in [9.17, 15) is 4.79 Å². The van der Waals surface area contributed by atoms with Crippen LogP contribution in [-0.4, -0.2) is 12.5 Å². The summed E-state index contributed by atoms with van der Waals surface area (Å²) in [5, 5.41) is 0. The van der Waals surface area contributed by atoms with Crippen LogP contribution in [0.5, 0.6) is 0 Å². The van der Waals surface area contributed by atoms with E-state index in [4.69, 9.17) is 4.74 Å². The summed E-state index contributed by atoms with van der Waals surface area (Å²) in [6, 6.07) is 28.4. The van der Waals surface area contributed by atoms with Crippen molar-refractivity contribution < 1.29 is 9.53 Å². The third kappa shape index (κ3) is 2.77. The normalized spacial score (nSPS) is 22.9. The standard InChI is InChI=1S/C26H23NO2/c1-2-27-22-16-10-9-15-21(22)17-26(25(27)28)18-23(19-11-5-3-6-12-19)29-24(26)20-13-7-4-8-14-20/h3-16,18,24H,2,17H2,1H3/t24-,26-/m0/s1. The molecule has 3 aromatic carbocycles. The third-order valence-electron chi connectivity index (χ3n) is 5.99. The predicted octanol–water partition coefficient (Wildman–Crippen LogP) is 5.39. The number of anilines is 1. The average molecular weight is 381 g/mol. The Kier molecular flexibility index (Phi) is 4.24. The summed E-state index contributed by atoms with van der Waals surface area (Å²) in [5.41, 5.74) is 3.47. The van der Waals surface area contributed by atoms with Gasteiger partial charge in [-0.25, -0.2) is 0 Å². The average Bonchev–Trinajstić information content (AvgIpc) is 3.16. The summed E-state index contributed by atoms with van der Waals surface area (Å²) in [7, 11) is 0. The molecule has 0 aromatic heterocycles. The van der Waals surface area contributed by atoms with Crippen molar-refractivity contribution in [2.24, 2.45) is 5.41 Å². The van der Waals surface area contributed by atoms with E-state index in [1.165, 1.54) is 5.56 Å². The van der Waals surface area contributed by atoms with E-state index < -0.39 is 5.41 Å². The molecule has 0 N–H and O–H groups in total.